The van der Waals surface area contributed by atoms with Gasteiger partial charge in [-0.3, -0.25) is 9.59 Å². The summed E-state index contributed by atoms with van der Waals surface area (Å²) in [6, 6.07) is 9.41. The van der Waals surface area contributed by atoms with Crippen LogP contribution in [0, 0.1) is 5.92 Å². The highest BCUT2D eigenvalue weighted by molar-refractivity contribution is 6.04. The van der Waals surface area contributed by atoms with Crippen molar-refractivity contribution in [3.63, 3.8) is 0 Å². The Bertz CT molecular complexity index is 1010. The van der Waals surface area contributed by atoms with E-state index in [1.807, 2.05) is 24.3 Å². The average molecular weight is 352 g/mol. The summed E-state index contributed by atoms with van der Waals surface area (Å²) in [5.41, 5.74) is 6.52. The van der Waals surface area contributed by atoms with Crippen LogP contribution in [0.2, 0.25) is 0 Å². The first-order valence-electron chi connectivity index (χ1n) is 8.70. The molecule has 1 fully saturated rings. The lowest BCUT2D eigenvalue weighted by atomic mass is 9.98. The maximum atomic E-state index is 11.8. The fourth-order valence-corrected chi connectivity index (χ4v) is 3.64. The minimum Gasteiger partial charge on any atom is -0.487 e. The van der Waals surface area contributed by atoms with Gasteiger partial charge in [0.1, 0.15) is 17.8 Å². The summed E-state index contributed by atoms with van der Waals surface area (Å²) in [4.78, 5) is 23.5. The number of pyridine rings is 1. The molecule has 0 aliphatic carbocycles. The summed E-state index contributed by atoms with van der Waals surface area (Å²) in [7, 11) is 0. The molecular formula is C19H20N4O3. The van der Waals surface area contributed by atoms with E-state index in [-0.39, 0.29) is 17.9 Å². The number of carbonyl (C=O) groups excluding carboxylic acids is 2. The first kappa shape index (κ1) is 16.4. The molecule has 0 unspecified atom stereocenters. The molecule has 3 heterocycles. The maximum Gasteiger partial charge on any atom is 0.267 e. The molecule has 2 aromatic heterocycles. The number of aromatic nitrogens is 2. The van der Waals surface area contributed by atoms with E-state index >= 15 is 0 Å². The molecule has 1 aliphatic rings. The monoisotopic (exact) mass is 352 g/mol. The molecule has 3 aromatic rings. The summed E-state index contributed by atoms with van der Waals surface area (Å²) in [6.45, 7) is 2.43. The lowest BCUT2D eigenvalue weighted by Crippen LogP contribution is -2.34. The van der Waals surface area contributed by atoms with Gasteiger partial charge in [0.25, 0.3) is 5.91 Å². The number of nitrogens with two attached hydrogens (primary N) is 1. The van der Waals surface area contributed by atoms with Crippen LogP contribution in [0.1, 0.15) is 30.3 Å². The number of fused-ring (bicyclic) bond motifs is 3. The Morgan fingerprint density at radius 3 is 3.00 bits per heavy atom. The van der Waals surface area contributed by atoms with Gasteiger partial charge >= 0.3 is 0 Å². The number of primary amides is 1. The first-order valence-corrected chi connectivity index (χ1v) is 8.70. The van der Waals surface area contributed by atoms with E-state index in [0.717, 1.165) is 17.2 Å². The van der Waals surface area contributed by atoms with Gasteiger partial charge in [0.15, 0.2) is 5.75 Å². The predicted octanol–water partition coefficient (Wildman–Crippen LogP) is 1.88. The summed E-state index contributed by atoms with van der Waals surface area (Å²) in [6.07, 6.45) is 3.04. The molecule has 1 aliphatic heterocycles. The smallest absolute Gasteiger partial charge is 0.267 e. The highest BCUT2D eigenvalue weighted by atomic mass is 16.5. The molecule has 26 heavy (non-hydrogen) atoms. The Labute approximate surface area is 150 Å². The van der Waals surface area contributed by atoms with Crippen molar-refractivity contribution in [2.75, 3.05) is 6.61 Å². The van der Waals surface area contributed by atoms with E-state index in [1.54, 1.807) is 12.3 Å². The zero-order valence-electron chi connectivity index (χ0n) is 14.4. The van der Waals surface area contributed by atoms with Gasteiger partial charge in [-0.05, 0) is 17.4 Å². The van der Waals surface area contributed by atoms with Crippen molar-refractivity contribution < 1.29 is 14.3 Å². The summed E-state index contributed by atoms with van der Waals surface area (Å²) < 4.78 is 7.53. The second-order valence-electron chi connectivity index (χ2n) is 6.61. The zero-order chi connectivity index (χ0) is 18.3. The van der Waals surface area contributed by atoms with Crippen LogP contribution in [0.5, 0.6) is 5.75 Å². The van der Waals surface area contributed by atoms with Gasteiger partial charge < -0.3 is 15.8 Å². The van der Waals surface area contributed by atoms with E-state index in [9.17, 15) is 9.59 Å². The van der Waals surface area contributed by atoms with Crippen molar-refractivity contribution in [3.8, 4) is 5.75 Å². The Morgan fingerprint density at radius 1 is 1.42 bits per heavy atom. The normalized spacial score (nSPS) is 19.8. The van der Waals surface area contributed by atoms with Gasteiger partial charge in [-0.25, -0.2) is 4.52 Å². The predicted molar refractivity (Wildman–Crippen MR) is 97.0 cm³/mol. The van der Waals surface area contributed by atoms with Crippen LogP contribution in [0.25, 0.3) is 16.3 Å². The second-order valence-corrected chi connectivity index (χ2v) is 6.61. The van der Waals surface area contributed by atoms with Gasteiger partial charge in [-0.2, -0.15) is 5.10 Å². The number of nitrogens with zero attached hydrogens (tertiary/aromatic N) is 2. The SMILES string of the molecule is CC[C@@H]1CC(=O)N[C@@H]1COc1cnn2c(C(N)=O)cc3ccccc3c12. The number of hydrogen-bond acceptors (Lipinski definition) is 4. The largest absolute Gasteiger partial charge is 0.487 e. The topological polar surface area (TPSA) is 98.7 Å². The molecule has 7 heteroatoms. The Morgan fingerprint density at radius 2 is 2.23 bits per heavy atom. The number of rotatable bonds is 5. The van der Waals surface area contributed by atoms with Crippen molar-refractivity contribution in [2.24, 2.45) is 11.7 Å². The summed E-state index contributed by atoms with van der Waals surface area (Å²) in [5.74, 6) is 0.346. The van der Waals surface area contributed by atoms with Gasteiger partial charge in [-0.1, -0.05) is 37.6 Å². The number of hydrogen-bond donors (Lipinski definition) is 2. The minimum atomic E-state index is -0.551. The molecule has 2 amide bonds. The van der Waals surface area contributed by atoms with Crippen LogP contribution < -0.4 is 15.8 Å². The molecule has 134 valence electrons. The van der Waals surface area contributed by atoms with Crippen molar-refractivity contribution in [1.29, 1.82) is 0 Å². The third-order valence-corrected chi connectivity index (χ3v) is 5.03. The Balaban J connectivity index is 1.74. The Kier molecular flexibility index (Phi) is 3.99. The van der Waals surface area contributed by atoms with Crippen LogP contribution in [-0.4, -0.2) is 34.1 Å². The van der Waals surface area contributed by atoms with Crippen LogP contribution in [0.4, 0.5) is 0 Å². The third kappa shape index (κ3) is 2.65. The van der Waals surface area contributed by atoms with E-state index in [1.165, 1.54) is 4.52 Å². The molecule has 0 spiro atoms. The third-order valence-electron chi connectivity index (χ3n) is 5.03. The Hall–Kier alpha value is -3.09. The van der Waals surface area contributed by atoms with E-state index in [2.05, 4.69) is 17.3 Å². The maximum absolute atomic E-state index is 11.8. The van der Waals surface area contributed by atoms with Crippen molar-refractivity contribution in [1.82, 2.24) is 14.9 Å². The summed E-state index contributed by atoms with van der Waals surface area (Å²) in [5, 5.41) is 9.07. The number of amides is 2. The van der Waals surface area contributed by atoms with E-state index in [4.69, 9.17) is 10.5 Å². The molecule has 0 saturated carbocycles. The van der Waals surface area contributed by atoms with Crippen molar-refractivity contribution >= 4 is 28.1 Å². The van der Waals surface area contributed by atoms with E-state index < -0.39 is 5.91 Å². The van der Waals surface area contributed by atoms with Crippen LogP contribution in [0.15, 0.2) is 36.5 Å². The first-order chi connectivity index (χ1) is 12.6. The molecule has 0 radical (unpaired) electrons. The highest BCUT2D eigenvalue weighted by Gasteiger charge is 2.31. The molecule has 7 nitrogen and oxygen atoms in total. The fraction of sp³-hybridized carbons (Fsp3) is 0.316. The van der Waals surface area contributed by atoms with Gasteiger partial charge in [0.2, 0.25) is 5.91 Å². The lowest BCUT2D eigenvalue weighted by Gasteiger charge is -2.17. The van der Waals surface area contributed by atoms with Crippen LogP contribution >= 0.6 is 0 Å². The second kappa shape index (κ2) is 6.33. The van der Waals surface area contributed by atoms with Crippen LogP contribution in [-0.2, 0) is 4.79 Å². The standard InChI is InChI=1S/C19H20N4O3/c1-2-11-8-17(24)22-14(11)10-26-16-9-21-23-15(19(20)25)7-12-5-3-4-6-13(12)18(16)23/h3-7,9,11,14H,2,8,10H2,1H3,(H2,20,25)(H,22,24)/t11-,14-/m1/s1. The van der Waals surface area contributed by atoms with E-state index in [0.29, 0.717) is 30.0 Å². The minimum absolute atomic E-state index is 0.0203. The quantitative estimate of drug-likeness (QED) is 0.732. The molecule has 0 bridgehead atoms. The highest BCUT2D eigenvalue weighted by Crippen LogP contribution is 2.30. The fourth-order valence-electron chi connectivity index (χ4n) is 3.64. The van der Waals surface area contributed by atoms with Crippen LogP contribution in [0.3, 0.4) is 0 Å². The van der Waals surface area contributed by atoms with Gasteiger partial charge in [0.05, 0.1) is 12.2 Å². The number of carbonyl (C=O) groups is 2. The molecule has 2 atom stereocenters. The number of nitrogens with one attached hydrogen (secondary N) is 1. The average Bonchev–Trinajstić information content (AvgIpc) is 3.22. The number of benzene rings is 1. The van der Waals surface area contributed by atoms with Crippen molar-refractivity contribution in [3.05, 3.63) is 42.2 Å². The van der Waals surface area contributed by atoms with Gasteiger partial charge in [0, 0.05) is 11.8 Å². The molecule has 1 aromatic carbocycles. The molecule has 3 N–H and O–H groups in total. The number of ether oxygens (including phenoxy) is 1. The lowest BCUT2D eigenvalue weighted by molar-refractivity contribution is -0.119. The van der Waals surface area contributed by atoms with Gasteiger partial charge in [-0.15, -0.1) is 0 Å². The molecular weight excluding hydrogens is 332 g/mol. The zero-order valence-corrected chi connectivity index (χ0v) is 14.4. The van der Waals surface area contributed by atoms with Crippen molar-refractivity contribution in [2.45, 2.75) is 25.8 Å². The summed E-state index contributed by atoms with van der Waals surface area (Å²) >= 11 is 0. The molecule has 1 saturated heterocycles. The molecule has 4 rings (SSSR count).